The van der Waals surface area contributed by atoms with Gasteiger partial charge in [-0.1, -0.05) is 12.1 Å². The SMILES string of the molecule is Cc1cccc(S(=O)(=O)N2CCOCC2C)c1. The van der Waals surface area contributed by atoms with E-state index in [0.717, 1.165) is 5.56 Å². The van der Waals surface area contributed by atoms with Gasteiger partial charge in [-0.25, -0.2) is 8.42 Å². The van der Waals surface area contributed by atoms with Crippen LogP contribution in [0.3, 0.4) is 0 Å². The zero-order valence-electron chi connectivity index (χ0n) is 10.1. The van der Waals surface area contributed by atoms with Crippen LogP contribution in [0.1, 0.15) is 12.5 Å². The van der Waals surface area contributed by atoms with Crippen molar-refractivity contribution in [3.05, 3.63) is 29.8 Å². The summed E-state index contributed by atoms with van der Waals surface area (Å²) in [4.78, 5) is 0.367. The minimum atomic E-state index is -3.38. The molecule has 0 spiro atoms. The molecule has 1 unspecified atom stereocenters. The van der Waals surface area contributed by atoms with E-state index >= 15 is 0 Å². The summed E-state index contributed by atoms with van der Waals surface area (Å²) in [5, 5.41) is 0. The van der Waals surface area contributed by atoms with Crippen molar-refractivity contribution in [2.24, 2.45) is 0 Å². The number of hydrogen-bond donors (Lipinski definition) is 0. The highest BCUT2D eigenvalue weighted by atomic mass is 32.2. The third-order valence-electron chi connectivity index (χ3n) is 2.90. The second kappa shape index (κ2) is 4.76. The largest absolute Gasteiger partial charge is 0.378 e. The molecule has 1 atom stereocenters. The van der Waals surface area contributed by atoms with Gasteiger partial charge in [-0.05, 0) is 31.5 Å². The number of benzene rings is 1. The van der Waals surface area contributed by atoms with Crippen LogP contribution in [0.25, 0.3) is 0 Å². The molecule has 0 amide bonds. The first kappa shape index (κ1) is 12.5. The minimum absolute atomic E-state index is 0.103. The van der Waals surface area contributed by atoms with E-state index in [-0.39, 0.29) is 6.04 Å². The van der Waals surface area contributed by atoms with Crippen LogP contribution in [0.2, 0.25) is 0 Å². The molecule has 1 fully saturated rings. The number of hydrogen-bond acceptors (Lipinski definition) is 3. The Morgan fingerprint density at radius 2 is 2.18 bits per heavy atom. The topological polar surface area (TPSA) is 46.6 Å². The average molecular weight is 255 g/mol. The fourth-order valence-corrected chi connectivity index (χ4v) is 3.69. The highest BCUT2D eigenvalue weighted by molar-refractivity contribution is 7.89. The van der Waals surface area contributed by atoms with Crippen LogP contribution in [0.15, 0.2) is 29.2 Å². The van der Waals surface area contributed by atoms with Crippen molar-refractivity contribution < 1.29 is 13.2 Å². The first-order valence-corrected chi connectivity index (χ1v) is 7.12. The molecule has 0 N–H and O–H groups in total. The second-order valence-electron chi connectivity index (χ2n) is 4.36. The van der Waals surface area contributed by atoms with Gasteiger partial charge in [0.15, 0.2) is 0 Å². The van der Waals surface area contributed by atoms with Crippen molar-refractivity contribution in [2.45, 2.75) is 24.8 Å². The maximum Gasteiger partial charge on any atom is 0.243 e. The number of morpholine rings is 1. The van der Waals surface area contributed by atoms with Crippen molar-refractivity contribution in [2.75, 3.05) is 19.8 Å². The molecule has 0 saturated carbocycles. The molecule has 0 bridgehead atoms. The van der Waals surface area contributed by atoms with Crippen LogP contribution in [0, 0.1) is 6.92 Å². The first-order valence-electron chi connectivity index (χ1n) is 5.68. The molecule has 5 heteroatoms. The van der Waals surface area contributed by atoms with E-state index in [0.29, 0.717) is 24.7 Å². The molecule has 1 aliphatic rings. The van der Waals surface area contributed by atoms with Gasteiger partial charge in [0.25, 0.3) is 0 Å². The lowest BCUT2D eigenvalue weighted by atomic mass is 10.2. The van der Waals surface area contributed by atoms with E-state index in [4.69, 9.17) is 4.74 Å². The Morgan fingerprint density at radius 3 is 2.82 bits per heavy atom. The van der Waals surface area contributed by atoms with Gasteiger partial charge in [-0.15, -0.1) is 0 Å². The molecule has 4 nitrogen and oxygen atoms in total. The van der Waals surface area contributed by atoms with Gasteiger partial charge < -0.3 is 4.74 Å². The van der Waals surface area contributed by atoms with E-state index in [1.54, 1.807) is 18.2 Å². The molecule has 1 saturated heterocycles. The normalized spacial score (nSPS) is 22.6. The zero-order chi connectivity index (χ0) is 12.5. The minimum Gasteiger partial charge on any atom is -0.378 e. The van der Waals surface area contributed by atoms with Crippen molar-refractivity contribution in [1.29, 1.82) is 0 Å². The van der Waals surface area contributed by atoms with Crippen molar-refractivity contribution in [3.8, 4) is 0 Å². The van der Waals surface area contributed by atoms with E-state index < -0.39 is 10.0 Å². The standard InChI is InChI=1S/C12H17NO3S/c1-10-4-3-5-12(8-10)17(14,15)13-6-7-16-9-11(13)2/h3-5,8,11H,6-7,9H2,1-2H3. The number of rotatable bonds is 2. The van der Waals surface area contributed by atoms with Gasteiger partial charge >= 0.3 is 0 Å². The lowest BCUT2D eigenvalue weighted by Crippen LogP contribution is -2.46. The second-order valence-corrected chi connectivity index (χ2v) is 6.25. The summed E-state index contributed by atoms with van der Waals surface area (Å²) in [6.45, 7) is 5.12. The molecule has 0 aliphatic carbocycles. The maximum absolute atomic E-state index is 12.4. The third kappa shape index (κ3) is 2.51. The number of ether oxygens (including phenoxy) is 1. The van der Waals surface area contributed by atoms with Crippen molar-refractivity contribution in [3.63, 3.8) is 0 Å². The molecular weight excluding hydrogens is 238 g/mol. The summed E-state index contributed by atoms with van der Waals surface area (Å²) in [6, 6.07) is 6.91. The van der Waals surface area contributed by atoms with E-state index in [9.17, 15) is 8.42 Å². The summed E-state index contributed by atoms with van der Waals surface area (Å²) < 4.78 is 31.6. The Labute approximate surface area is 102 Å². The number of sulfonamides is 1. The lowest BCUT2D eigenvalue weighted by Gasteiger charge is -2.32. The Bertz CT molecular complexity index is 498. The Morgan fingerprint density at radius 1 is 1.41 bits per heavy atom. The number of nitrogens with zero attached hydrogens (tertiary/aromatic N) is 1. The fraction of sp³-hybridized carbons (Fsp3) is 0.500. The molecule has 2 rings (SSSR count). The summed E-state index contributed by atoms with van der Waals surface area (Å²) in [6.07, 6.45) is 0. The third-order valence-corrected chi connectivity index (χ3v) is 4.91. The van der Waals surface area contributed by atoms with Gasteiger partial charge in [0, 0.05) is 12.6 Å². The molecule has 0 aromatic heterocycles. The summed E-state index contributed by atoms with van der Waals surface area (Å²) in [5.41, 5.74) is 0.951. The molecule has 94 valence electrons. The maximum atomic E-state index is 12.4. The molecule has 0 radical (unpaired) electrons. The highest BCUT2D eigenvalue weighted by Crippen LogP contribution is 2.20. The van der Waals surface area contributed by atoms with Gasteiger partial charge in [-0.2, -0.15) is 4.31 Å². The fourth-order valence-electron chi connectivity index (χ4n) is 1.98. The van der Waals surface area contributed by atoms with Crippen LogP contribution in [0.5, 0.6) is 0 Å². The lowest BCUT2D eigenvalue weighted by molar-refractivity contribution is 0.0393. The predicted molar refractivity (Wildman–Crippen MR) is 65.4 cm³/mol. The van der Waals surface area contributed by atoms with E-state index in [2.05, 4.69) is 0 Å². The quantitative estimate of drug-likeness (QED) is 0.802. The van der Waals surface area contributed by atoms with Crippen LogP contribution < -0.4 is 0 Å². The van der Waals surface area contributed by atoms with E-state index in [1.165, 1.54) is 4.31 Å². The van der Waals surface area contributed by atoms with Crippen LogP contribution in [0.4, 0.5) is 0 Å². The average Bonchev–Trinajstić information content (AvgIpc) is 2.29. The van der Waals surface area contributed by atoms with Crippen molar-refractivity contribution >= 4 is 10.0 Å². The molecule has 1 aromatic carbocycles. The zero-order valence-corrected chi connectivity index (χ0v) is 10.9. The van der Waals surface area contributed by atoms with Gasteiger partial charge in [-0.3, -0.25) is 0 Å². The molecule has 1 aromatic rings. The Balaban J connectivity index is 2.35. The summed E-state index contributed by atoms with van der Waals surface area (Å²) >= 11 is 0. The highest BCUT2D eigenvalue weighted by Gasteiger charge is 2.31. The predicted octanol–water partition coefficient (Wildman–Crippen LogP) is 1.40. The van der Waals surface area contributed by atoms with Gasteiger partial charge in [0.05, 0.1) is 18.1 Å². The Kier molecular flexibility index (Phi) is 3.51. The molecular formula is C12H17NO3S. The van der Waals surface area contributed by atoms with E-state index in [1.807, 2.05) is 19.9 Å². The van der Waals surface area contributed by atoms with Crippen LogP contribution in [-0.4, -0.2) is 38.5 Å². The molecule has 17 heavy (non-hydrogen) atoms. The summed E-state index contributed by atoms with van der Waals surface area (Å²) in [5.74, 6) is 0. The smallest absolute Gasteiger partial charge is 0.243 e. The van der Waals surface area contributed by atoms with Crippen molar-refractivity contribution in [1.82, 2.24) is 4.31 Å². The van der Waals surface area contributed by atoms with Gasteiger partial charge in [0.2, 0.25) is 10.0 Å². The van der Waals surface area contributed by atoms with Gasteiger partial charge in [0.1, 0.15) is 0 Å². The van der Waals surface area contributed by atoms with Crippen LogP contribution in [-0.2, 0) is 14.8 Å². The number of aryl methyl sites for hydroxylation is 1. The Hall–Kier alpha value is -0.910. The monoisotopic (exact) mass is 255 g/mol. The first-order chi connectivity index (χ1) is 8.01. The molecule has 1 heterocycles. The molecule has 1 aliphatic heterocycles. The summed E-state index contributed by atoms with van der Waals surface area (Å²) in [7, 11) is -3.38. The van der Waals surface area contributed by atoms with Crippen LogP contribution >= 0.6 is 0 Å².